The maximum absolute atomic E-state index is 12.4. The molecule has 2 aliphatic rings. The summed E-state index contributed by atoms with van der Waals surface area (Å²) < 4.78 is 7.75. The Kier molecular flexibility index (Phi) is 4.87. The van der Waals surface area contributed by atoms with Crippen LogP contribution in [0.15, 0.2) is 12.4 Å². The second-order valence-electron chi connectivity index (χ2n) is 6.59. The van der Waals surface area contributed by atoms with Crippen LogP contribution in [0, 0.1) is 0 Å². The van der Waals surface area contributed by atoms with Gasteiger partial charge in [0.2, 0.25) is 0 Å². The van der Waals surface area contributed by atoms with Crippen molar-refractivity contribution in [3.63, 3.8) is 0 Å². The Morgan fingerprint density at radius 3 is 3.00 bits per heavy atom. The van der Waals surface area contributed by atoms with E-state index in [1.807, 2.05) is 15.8 Å². The Hall–Kier alpha value is -1.60. The number of anilines is 1. The summed E-state index contributed by atoms with van der Waals surface area (Å²) in [5.41, 5.74) is 0.494. The smallest absolute Gasteiger partial charge is 0.321 e. The van der Waals surface area contributed by atoms with Gasteiger partial charge in [0.1, 0.15) is 0 Å². The van der Waals surface area contributed by atoms with E-state index in [1.54, 1.807) is 6.20 Å². The molecule has 0 aliphatic carbocycles. The van der Waals surface area contributed by atoms with Gasteiger partial charge in [-0.15, -0.1) is 0 Å². The third-order valence-electron chi connectivity index (χ3n) is 4.77. The van der Waals surface area contributed by atoms with E-state index in [-0.39, 0.29) is 17.7 Å². The van der Waals surface area contributed by atoms with Crippen LogP contribution in [0.4, 0.5) is 10.5 Å². The molecule has 2 aliphatic heterocycles. The first-order chi connectivity index (χ1) is 11.1. The summed E-state index contributed by atoms with van der Waals surface area (Å²) in [7, 11) is 0. The zero-order valence-electron chi connectivity index (χ0n) is 13.7. The van der Waals surface area contributed by atoms with Gasteiger partial charge in [0.25, 0.3) is 0 Å². The molecule has 2 N–H and O–H groups in total. The van der Waals surface area contributed by atoms with Gasteiger partial charge < -0.3 is 20.1 Å². The van der Waals surface area contributed by atoms with E-state index in [9.17, 15) is 9.90 Å². The average molecular weight is 322 g/mol. The number of hydrogen-bond donors (Lipinski definition) is 2. The third kappa shape index (κ3) is 3.84. The Morgan fingerprint density at radius 1 is 1.52 bits per heavy atom. The van der Waals surface area contributed by atoms with Gasteiger partial charge in [-0.3, -0.25) is 4.68 Å². The second kappa shape index (κ2) is 6.88. The molecule has 1 aromatic rings. The minimum Gasteiger partial charge on any atom is -0.393 e. The summed E-state index contributed by atoms with van der Waals surface area (Å²) in [6, 6.07) is -0.0905. The molecule has 2 saturated heterocycles. The van der Waals surface area contributed by atoms with Crippen molar-refractivity contribution in [3.8, 4) is 0 Å². The highest BCUT2D eigenvalue weighted by Crippen LogP contribution is 2.35. The van der Waals surface area contributed by atoms with E-state index in [2.05, 4.69) is 17.3 Å². The lowest BCUT2D eigenvalue weighted by Crippen LogP contribution is -2.52. The number of ether oxygens (including phenoxy) is 1. The number of aryl methyl sites for hydroxylation is 1. The van der Waals surface area contributed by atoms with Crippen LogP contribution >= 0.6 is 0 Å². The van der Waals surface area contributed by atoms with Gasteiger partial charge in [0.05, 0.1) is 23.6 Å². The van der Waals surface area contributed by atoms with Gasteiger partial charge >= 0.3 is 6.03 Å². The summed E-state index contributed by atoms with van der Waals surface area (Å²) in [6.45, 7) is 4.86. The van der Waals surface area contributed by atoms with E-state index >= 15 is 0 Å². The molecular formula is C16H26N4O3. The maximum Gasteiger partial charge on any atom is 0.321 e. The van der Waals surface area contributed by atoms with Gasteiger partial charge in [0, 0.05) is 38.9 Å². The van der Waals surface area contributed by atoms with Crippen molar-refractivity contribution in [2.45, 2.75) is 57.3 Å². The number of urea groups is 1. The number of aliphatic hydroxyl groups excluding tert-OH is 1. The van der Waals surface area contributed by atoms with E-state index in [0.29, 0.717) is 32.5 Å². The first-order valence-electron chi connectivity index (χ1n) is 8.51. The largest absolute Gasteiger partial charge is 0.393 e. The number of rotatable bonds is 3. The first kappa shape index (κ1) is 16.3. The van der Waals surface area contributed by atoms with Crippen LogP contribution in [-0.4, -0.2) is 57.2 Å². The van der Waals surface area contributed by atoms with Crippen LogP contribution in [0.1, 0.15) is 39.0 Å². The number of carbonyl (C=O) groups excluding carboxylic acids is 1. The Bertz CT molecular complexity index is 537. The maximum atomic E-state index is 12.4. The number of hydrogen-bond acceptors (Lipinski definition) is 4. The number of amides is 2. The van der Waals surface area contributed by atoms with Crippen LogP contribution in [0.25, 0.3) is 0 Å². The van der Waals surface area contributed by atoms with Gasteiger partial charge in [-0.2, -0.15) is 5.10 Å². The summed E-state index contributed by atoms with van der Waals surface area (Å²) in [4.78, 5) is 14.2. The zero-order valence-corrected chi connectivity index (χ0v) is 13.7. The van der Waals surface area contributed by atoms with Crippen molar-refractivity contribution in [3.05, 3.63) is 12.4 Å². The number of nitrogens with one attached hydrogen (secondary N) is 1. The van der Waals surface area contributed by atoms with Crippen LogP contribution < -0.4 is 5.32 Å². The predicted molar refractivity (Wildman–Crippen MR) is 86.3 cm³/mol. The summed E-state index contributed by atoms with van der Waals surface area (Å²) in [5.74, 6) is 0. The second-order valence-corrected chi connectivity index (χ2v) is 6.59. The Labute approximate surface area is 136 Å². The lowest BCUT2D eigenvalue weighted by atomic mass is 9.83. The minimum atomic E-state index is -0.270. The number of piperidine rings is 1. The molecule has 1 spiro atoms. The molecule has 7 heteroatoms. The molecule has 2 fully saturated rings. The fourth-order valence-corrected chi connectivity index (χ4v) is 3.45. The highest BCUT2D eigenvalue weighted by atomic mass is 16.5. The third-order valence-corrected chi connectivity index (χ3v) is 4.77. The lowest BCUT2D eigenvalue weighted by molar-refractivity contribution is -0.139. The number of aliphatic hydroxyl groups is 1. The molecule has 0 saturated carbocycles. The molecule has 3 rings (SSSR count). The van der Waals surface area contributed by atoms with Gasteiger partial charge in [-0.05, 0) is 25.7 Å². The fraction of sp³-hybridized carbons (Fsp3) is 0.750. The Morgan fingerprint density at radius 2 is 2.30 bits per heavy atom. The molecule has 1 aromatic heterocycles. The van der Waals surface area contributed by atoms with Crippen molar-refractivity contribution >= 4 is 11.7 Å². The molecular weight excluding hydrogens is 296 g/mol. The van der Waals surface area contributed by atoms with Crippen LogP contribution in [0.2, 0.25) is 0 Å². The monoisotopic (exact) mass is 322 g/mol. The molecule has 1 atom stereocenters. The number of likely N-dealkylation sites (tertiary alicyclic amines) is 1. The van der Waals surface area contributed by atoms with E-state index in [1.165, 1.54) is 0 Å². The van der Waals surface area contributed by atoms with Crippen molar-refractivity contribution in [1.82, 2.24) is 14.7 Å². The average Bonchev–Trinajstić information content (AvgIpc) is 2.95. The Balaban J connectivity index is 1.51. The molecule has 23 heavy (non-hydrogen) atoms. The minimum absolute atomic E-state index is 0.0905. The van der Waals surface area contributed by atoms with E-state index in [4.69, 9.17) is 4.74 Å². The molecule has 1 unspecified atom stereocenters. The highest BCUT2D eigenvalue weighted by molar-refractivity contribution is 5.89. The SMILES string of the molecule is CCCn1cc(NC(=O)N2CCC3(CC2)CC(O)CCO3)cn1. The van der Waals surface area contributed by atoms with Crippen LogP contribution in [-0.2, 0) is 11.3 Å². The lowest BCUT2D eigenvalue weighted by Gasteiger charge is -2.45. The summed E-state index contributed by atoms with van der Waals surface area (Å²) in [5, 5.41) is 17.0. The molecule has 128 valence electrons. The molecule has 0 aromatic carbocycles. The normalized spacial score (nSPS) is 23.9. The van der Waals surface area contributed by atoms with Crippen molar-refractivity contribution < 1.29 is 14.6 Å². The summed E-state index contributed by atoms with van der Waals surface area (Å²) in [6.07, 6.45) is 7.25. The van der Waals surface area contributed by atoms with Crippen LogP contribution in [0.3, 0.4) is 0 Å². The standard InChI is InChI=1S/C16H26N4O3/c1-2-6-20-12-13(11-17-20)18-15(22)19-7-4-16(5-8-19)10-14(21)3-9-23-16/h11-12,14,21H,2-10H2,1H3,(H,18,22). The van der Waals surface area contributed by atoms with E-state index in [0.717, 1.165) is 31.5 Å². The van der Waals surface area contributed by atoms with E-state index < -0.39 is 0 Å². The summed E-state index contributed by atoms with van der Waals surface area (Å²) >= 11 is 0. The van der Waals surface area contributed by atoms with Gasteiger partial charge in [0.15, 0.2) is 0 Å². The number of carbonyl (C=O) groups is 1. The quantitative estimate of drug-likeness (QED) is 0.890. The van der Waals surface area contributed by atoms with Crippen molar-refractivity contribution in [1.29, 1.82) is 0 Å². The van der Waals surface area contributed by atoms with Crippen LogP contribution in [0.5, 0.6) is 0 Å². The number of nitrogens with zero attached hydrogens (tertiary/aromatic N) is 3. The fourth-order valence-electron chi connectivity index (χ4n) is 3.45. The van der Waals surface area contributed by atoms with Crippen molar-refractivity contribution in [2.75, 3.05) is 25.0 Å². The highest BCUT2D eigenvalue weighted by Gasteiger charge is 2.40. The molecule has 0 bridgehead atoms. The zero-order chi connectivity index (χ0) is 16.3. The molecule has 7 nitrogen and oxygen atoms in total. The molecule has 0 radical (unpaired) electrons. The predicted octanol–water partition coefficient (Wildman–Crippen LogP) is 1.83. The first-order valence-corrected chi connectivity index (χ1v) is 8.51. The number of aromatic nitrogens is 2. The van der Waals surface area contributed by atoms with Gasteiger partial charge in [-0.1, -0.05) is 6.92 Å². The molecule has 3 heterocycles. The van der Waals surface area contributed by atoms with Crippen molar-refractivity contribution in [2.24, 2.45) is 0 Å². The van der Waals surface area contributed by atoms with Gasteiger partial charge in [-0.25, -0.2) is 4.79 Å². The topological polar surface area (TPSA) is 79.6 Å². The molecule has 2 amide bonds.